The van der Waals surface area contributed by atoms with Crippen molar-refractivity contribution in [2.75, 3.05) is 37.0 Å². The summed E-state index contributed by atoms with van der Waals surface area (Å²) in [6.07, 6.45) is 5.17. The zero-order chi connectivity index (χ0) is 36.4. The van der Waals surface area contributed by atoms with Gasteiger partial charge < -0.3 is 25.0 Å². The summed E-state index contributed by atoms with van der Waals surface area (Å²) in [5.41, 5.74) is 2.52. The van der Waals surface area contributed by atoms with Crippen molar-refractivity contribution in [3.63, 3.8) is 0 Å². The van der Waals surface area contributed by atoms with Crippen LogP contribution in [0, 0.1) is 11.8 Å². The number of aliphatic imine (C=N–C) groups is 1. The fourth-order valence-corrected chi connectivity index (χ4v) is 6.77. The molecule has 0 aliphatic carbocycles. The maximum Gasteiger partial charge on any atom is 0.229 e. The van der Waals surface area contributed by atoms with Crippen molar-refractivity contribution in [1.82, 2.24) is 10.6 Å². The van der Waals surface area contributed by atoms with E-state index in [9.17, 15) is 14.4 Å². The first-order chi connectivity index (χ1) is 23.9. The Hall–Kier alpha value is -3.82. The number of ether oxygens (including phenoxy) is 2. The average Bonchev–Trinajstić information content (AvgIpc) is 3.08. The lowest BCUT2D eigenvalue weighted by molar-refractivity contribution is -0.123. The molecule has 0 saturated carbocycles. The molecule has 1 aliphatic rings. The molecule has 2 N–H and O–H groups in total. The van der Waals surface area contributed by atoms with Gasteiger partial charge in [0.1, 0.15) is 5.04 Å². The van der Waals surface area contributed by atoms with Gasteiger partial charge in [-0.3, -0.25) is 14.4 Å². The second-order valence-corrected chi connectivity index (χ2v) is 15.3. The topological polar surface area (TPSA) is 109 Å². The molecule has 268 valence electrons. The minimum atomic E-state index is -0.514. The number of nitrogens with zero attached hydrogens (tertiary/aromatic N) is 2. The molecule has 11 heteroatoms. The van der Waals surface area contributed by atoms with E-state index < -0.39 is 11.2 Å². The minimum Gasteiger partial charge on any atom is -0.375 e. The van der Waals surface area contributed by atoms with Gasteiger partial charge in [0, 0.05) is 55.4 Å². The number of anilines is 1. The molecular weight excluding hydrogens is 669 g/mol. The fourth-order valence-electron chi connectivity index (χ4n) is 4.91. The van der Waals surface area contributed by atoms with Gasteiger partial charge in [0.2, 0.25) is 17.7 Å². The summed E-state index contributed by atoms with van der Waals surface area (Å²) in [5, 5.41) is 6.56. The van der Waals surface area contributed by atoms with E-state index in [-0.39, 0.29) is 37.1 Å². The number of rotatable bonds is 20. The van der Waals surface area contributed by atoms with Gasteiger partial charge >= 0.3 is 0 Å². The van der Waals surface area contributed by atoms with Crippen molar-refractivity contribution < 1.29 is 23.9 Å². The van der Waals surface area contributed by atoms with Crippen LogP contribution in [0.2, 0.25) is 0 Å². The quantitative estimate of drug-likeness (QED) is 0.0509. The molecule has 9 nitrogen and oxygen atoms in total. The van der Waals surface area contributed by atoms with E-state index in [1.54, 1.807) is 21.8 Å². The Labute approximate surface area is 305 Å². The van der Waals surface area contributed by atoms with Gasteiger partial charge in [0.15, 0.2) is 0 Å². The van der Waals surface area contributed by atoms with Crippen LogP contribution < -0.4 is 15.5 Å². The largest absolute Gasteiger partial charge is 0.375 e. The van der Waals surface area contributed by atoms with Gasteiger partial charge in [0.25, 0.3) is 0 Å². The Bertz CT molecular complexity index is 1580. The van der Waals surface area contributed by atoms with Gasteiger partial charge in [-0.25, -0.2) is 4.99 Å². The summed E-state index contributed by atoms with van der Waals surface area (Å²) < 4.78 is 12.1. The number of carbonyl (C=O) groups is 3. The molecule has 0 saturated heterocycles. The highest BCUT2D eigenvalue weighted by molar-refractivity contribution is 8.82. The van der Waals surface area contributed by atoms with Crippen molar-refractivity contribution in [3.8, 4) is 11.8 Å². The van der Waals surface area contributed by atoms with E-state index in [0.29, 0.717) is 51.3 Å². The number of benzene rings is 2. The van der Waals surface area contributed by atoms with E-state index in [4.69, 9.17) is 9.47 Å². The number of nitrogens with one attached hydrogen (secondary N) is 2. The molecule has 0 aromatic heterocycles. The highest BCUT2D eigenvalue weighted by atomic mass is 33.1. The molecule has 1 heterocycles. The predicted molar refractivity (Wildman–Crippen MR) is 207 cm³/mol. The van der Waals surface area contributed by atoms with E-state index in [2.05, 4.69) is 40.6 Å². The third kappa shape index (κ3) is 14.6. The van der Waals surface area contributed by atoms with Crippen molar-refractivity contribution >= 4 is 50.0 Å². The standard InChI is InChI=1S/C39H50N4O5S2/c1-7-36(40-8-2)50-49-28-21-35(45)42-25-27-48-39(5,6)23-26-47-38(3,4)22-19-34(44)41-24-20-37(46)43-29-32-15-10-9-13-30(32)17-18-31-14-11-12-16-33(31)43/h7-16H,1-2,19-29H2,3-6H3,(H,41,44)(H,42,45). The fraction of sp³-hybridized carbons (Fsp3) is 0.436. The van der Waals surface area contributed by atoms with Crippen LogP contribution >= 0.6 is 21.6 Å². The van der Waals surface area contributed by atoms with Crippen molar-refractivity contribution in [2.24, 2.45) is 4.99 Å². The maximum atomic E-state index is 13.4. The zero-order valence-electron chi connectivity index (χ0n) is 29.7. The number of carbonyl (C=O) groups excluding carboxylic acids is 3. The molecule has 0 radical (unpaired) electrons. The molecule has 0 fully saturated rings. The Balaban J connectivity index is 1.31. The number of fused-ring (bicyclic) bond motifs is 2. The summed E-state index contributed by atoms with van der Waals surface area (Å²) >= 11 is 0. The Morgan fingerprint density at radius 2 is 1.50 bits per heavy atom. The third-order valence-electron chi connectivity index (χ3n) is 7.85. The van der Waals surface area contributed by atoms with Crippen molar-refractivity contribution in [3.05, 3.63) is 90.7 Å². The van der Waals surface area contributed by atoms with Crippen LogP contribution in [0.4, 0.5) is 5.69 Å². The van der Waals surface area contributed by atoms with E-state index in [1.807, 2.05) is 76.2 Å². The zero-order valence-corrected chi connectivity index (χ0v) is 31.4. The molecule has 50 heavy (non-hydrogen) atoms. The monoisotopic (exact) mass is 718 g/mol. The van der Waals surface area contributed by atoms with Crippen LogP contribution in [0.3, 0.4) is 0 Å². The van der Waals surface area contributed by atoms with Crippen LogP contribution in [0.25, 0.3) is 0 Å². The molecule has 1 aliphatic heterocycles. The van der Waals surface area contributed by atoms with Crippen LogP contribution in [-0.2, 0) is 30.4 Å². The number of amides is 3. The summed E-state index contributed by atoms with van der Waals surface area (Å²) in [6.45, 7) is 17.1. The molecule has 2 aromatic carbocycles. The highest BCUT2D eigenvalue weighted by Crippen LogP contribution is 2.27. The lowest BCUT2D eigenvalue weighted by Gasteiger charge is -2.30. The first-order valence-corrected chi connectivity index (χ1v) is 19.2. The Morgan fingerprint density at radius 1 is 0.860 bits per heavy atom. The smallest absolute Gasteiger partial charge is 0.229 e. The highest BCUT2D eigenvalue weighted by Gasteiger charge is 2.24. The molecule has 2 aromatic rings. The van der Waals surface area contributed by atoms with Gasteiger partial charge in [-0.05, 0) is 81.2 Å². The average molecular weight is 719 g/mol. The lowest BCUT2D eigenvalue weighted by Crippen LogP contribution is -2.36. The normalized spacial score (nSPS) is 12.7. The number of hydrogen-bond acceptors (Lipinski definition) is 8. The van der Waals surface area contributed by atoms with E-state index >= 15 is 0 Å². The molecule has 3 amide bonds. The molecule has 0 bridgehead atoms. The third-order valence-corrected chi connectivity index (χ3v) is 10.1. The minimum absolute atomic E-state index is 0.0268. The predicted octanol–water partition coefficient (Wildman–Crippen LogP) is 6.82. The Kier molecular flexibility index (Phi) is 16.9. The molecule has 0 atom stereocenters. The first-order valence-electron chi connectivity index (χ1n) is 16.8. The van der Waals surface area contributed by atoms with Crippen LogP contribution in [0.15, 0.2) is 79.0 Å². The van der Waals surface area contributed by atoms with Gasteiger partial charge in [-0.15, -0.1) is 0 Å². The summed E-state index contributed by atoms with van der Waals surface area (Å²) in [6, 6.07) is 15.5. The van der Waals surface area contributed by atoms with Crippen molar-refractivity contribution in [1.29, 1.82) is 0 Å². The summed E-state index contributed by atoms with van der Waals surface area (Å²) in [4.78, 5) is 44.1. The van der Waals surface area contributed by atoms with Crippen LogP contribution in [0.1, 0.15) is 76.5 Å². The lowest BCUT2D eigenvalue weighted by atomic mass is 10.0. The van der Waals surface area contributed by atoms with E-state index in [0.717, 1.165) is 27.4 Å². The van der Waals surface area contributed by atoms with E-state index in [1.165, 1.54) is 17.0 Å². The number of hydrogen-bond donors (Lipinski definition) is 2. The second-order valence-electron chi connectivity index (χ2n) is 12.8. The second kappa shape index (κ2) is 20.8. The molecule has 3 rings (SSSR count). The molecular formula is C39H50N4O5S2. The summed E-state index contributed by atoms with van der Waals surface area (Å²) in [7, 11) is 3.01. The molecule has 0 spiro atoms. The van der Waals surface area contributed by atoms with Crippen molar-refractivity contribution in [2.45, 2.75) is 77.5 Å². The SMILES string of the molecule is C=CN=C(C=C)SSCCC(=O)NCCOC(C)(C)CCOC(C)(C)CCC(=O)NCCC(=O)N1Cc2ccccc2C#Cc2ccccc21. The Morgan fingerprint density at radius 3 is 2.26 bits per heavy atom. The summed E-state index contributed by atoms with van der Waals surface area (Å²) in [5.74, 6) is 6.87. The van der Waals surface area contributed by atoms with Gasteiger partial charge in [0.05, 0.1) is 36.6 Å². The molecule has 0 unspecified atom stereocenters. The first kappa shape index (κ1) is 40.6. The van der Waals surface area contributed by atoms with Crippen LogP contribution in [0.5, 0.6) is 0 Å². The maximum absolute atomic E-state index is 13.4. The van der Waals surface area contributed by atoms with Gasteiger partial charge in [-0.1, -0.05) is 66.1 Å². The van der Waals surface area contributed by atoms with Crippen LogP contribution in [-0.4, -0.2) is 66.0 Å². The number of para-hydroxylation sites is 1. The van der Waals surface area contributed by atoms with Gasteiger partial charge in [-0.2, -0.15) is 0 Å².